The number of carboxylic acid groups (broad SMARTS) is 2. The Labute approximate surface area is 176 Å². The molecule has 2 N–H and O–H groups in total. The van der Waals surface area contributed by atoms with Crippen LogP contribution in [0.4, 0.5) is 0 Å². The third kappa shape index (κ3) is 5.01. The third-order valence-corrected chi connectivity index (χ3v) is 4.55. The summed E-state index contributed by atoms with van der Waals surface area (Å²) in [5, 5.41) is 26.3. The van der Waals surface area contributed by atoms with Gasteiger partial charge in [0.15, 0.2) is 11.6 Å². The van der Waals surface area contributed by atoms with Gasteiger partial charge in [-0.05, 0) is 48.3 Å². The van der Waals surface area contributed by atoms with Crippen LogP contribution in [0.5, 0.6) is 0 Å². The molecular formula is C20H16CuN2O6. The molecule has 2 atom stereocenters. The molecule has 0 bridgehead atoms. The number of rotatable bonds is 2. The molecule has 2 aliphatic carbocycles. The second-order valence-electron chi connectivity index (χ2n) is 6.39. The first-order valence-corrected chi connectivity index (χ1v) is 8.55. The van der Waals surface area contributed by atoms with Gasteiger partial charge in [0.25, 0.3) is 0 Å². The third-order valence-electron chi connectivity index (χ3n) is 4.55. The molecular weight excluding hydrogens is 428 g/mol. The van der Waals surface area contributed by atoms with Crippen molar-refractivity contribution in [3.63, 3.8) is 0 Å². The van der Waals surface area contributed by atoms with E-state index in [1.54, 1.807) is 24.3 Å². The van der Waals surface area contributed by atoms with E-state index in [1.807, 2.05) is 0 Å². The number of hydrogen-bond acceptors (Lipinski definition) is 8. The molecule has 0 fully saturated rings. The van der Waals surface area contributed by atoms with Gasteiger partial charge in [0.05, 0.1) is 23.3 Å². The number of hydrogen-bond donors (Lipinski definition) is 2. The van der Waals surface area contributed by atoms with Gasteiger partial charge in [0, 0.05) is 0 Å². The Kier molecular flexibility index (Phi) is 7.14. The first-order chi connectivity index (χ1) is 13.4. The maximum Gasteiger partial charge on any atom is 2.00 e. The molecule has 29 heavy (non-hydrogen) atoms. The molecule has 0 spiro atoms. The Hall–Kier alpha value is -3.16. The summed E-state index contributed by atoms with van der Waals surface area (Å²) in [6.07, 6.45) is 14.0. The molecule has 0 amide bonds. The Morgan fingerprint density at radius 1 is 0.759 bits per heavy atom. The van der Waals surface area contributed by atoms with Crippen LogP contribution in [0.25, 0.3) is 0 Å². The van der Waals surface area contributed by atoms with Gasteiger partial charge in [-0.2, -0.15) is 0 Å². The van der Waals surface area contributed by atoms with Crippen molar-refractivity contribution in [3.05, 3.63) is 71.1 Å². The van der Waals surface area contributed by atoms with Gasteiger partial charge in [0.1, 0.15) is 12.1 Å². The van der Waals surface area contributed by atoms with E-state index in [-0.39, 0.29) is 40.0 Å². The standard InChI is InChI=1S/2C10H9NO3.Cu/c2*12-8-3-1-2-6-4-5-7(10(13)14)11-9(6)8;/h2*1,3-5,9,11H,2H2,(H,13,14);/q;;+2/p-2. The quantitative estimate of drug-likeness (QED) is 0.471. The molecule has 0 aromatic rings. The molecule has 0 saturated heterocycles. The number of carbonyl (C=O) groups is 4. The smallest absolute Gasteiger partial charge is 0.543 e. The Bertz CT molecular complexity index is 863. The van der Waals surface area contributed by atoms with Crippen LogP contribution in [-0.4, -0.2) is 35.6 Å². The predicted molar refractivity (Wildman–Crippen MR) is 93.7 cm³/mol. The monoisotopic (exact) mass is 443 g/mol. The fraction of sp³-hybridized carbons (Fsp3) is 0.200. The number of nitrogens with one attached hydrogen (secondary N) is 2. The van der Waals surface area contributed by atoms with Crippen molar-refractivity contribution in [3.8, 4) is 0 Å². The molecule has 2 heterocycles. The summed E-state index contributed by atoms with van der Waals surface area (Å²) in [6.45, 7) is 0. The Morgan fingerprint density at radius 2 is 1.14 bits per heavy atom. The van der Waals surface area contributed by atoms with E-state index in [2.05, 4.69) is 10.6 Å². The van der Waals surface area contributed by atoms with Gasteiger partial charge in [-0.1, -0.05) is 24.3 Å². The Morgan fingerprint density at radius 3 is 1.48 bits per heavy atom. The zero-order valence-corrected chi connectivity index (χ0v) is 15.9. The summed E-state index contributed by atoms with van der Waals surface area (Å²) in [4.78, 5) is 43.8. The zero-order chi connectivity index (χ0) is 20.3. The molecule has 0 aromatic carbocycles. The minimum absolute atomic E-state index is 0. The van der Waals surface area contributed by atoms with Gasteiger partial charge in [0.2, 0.25) is 0 Å². The first-order valence-electron chi connectivity index (χ1n) is 8.55. The summed E-state index contributed by atoms with van der Waals surface area (Å²) < 4.78 is 0. The van der Waals surface area contributed by atoms with E-state index >= 15 is 0 Å². The van der Waals surface area contributed by atoms with Crippen LogP contribution in [0.3, 0.4) is 0 Å². The van der Waals surface area contributed by atoms with Crippen LogP contribution in [0.2, 0.25) is 0 Å². The Balaban J connectivity index is 0.000000200. The largest absolute Gasteiger partial charge is 2.00 e. The van der Waals surface area contributed by atoms with Crippen LogP contribution in [0, 0.1) is 0 Å². The number of ketones is 2. The average molecular weight is 444 g/mol. The summed E-state index contributed by atoms with van der Waals surface area (Å²) in [7, 11) is 0. The maximum absolute atomic E-state index is 11.4. The predicted octanol–water partition coefficient (Wildman–Crippen LogP) is -1.91. The molecule has 153 valence electrons. The van der Waals surface area contributed by atoms with Gasteiger partial charge in [-0.3, -0.25) is 9.59 Å². The topological polar surface area (TPSA) is 138 Å². The van der Waals surface area contributed by atoms with Crippen LogP contribution in [0.15, 0.2) is 71.1 Å². The second kappa shape index (κ2) is 9.36. The van der Waals surface area contributed by atoms with E-state index in [9.17, 15) is 29.4 Å². The van der Waals surface area contributed by atoms with Crippen molar-refractivity contribution >= 4 is 23.5 Å². The number of fused-ring (bicyclic) bond motifs is 2. The molecule has 0 aromatic heterocycles. The first kappa shape index (κ1) is 22.1. The van der Waals surface area contributed by atoms with E-state index in [4.69, 9.17) is 0 Å². The van der Waals surface area contributed by atoms with Crippen LogP contribution in [0.1, 0.15) is 12.8 Å². The van der Waals surface area contributed by atoms with E-state index in [0.29, 0.717) is 12.8 Å². The molecule has 2 unspecified atom stereocenters. The molecule has 4 aliphatic rings. The van der Waals surface area contributed by atoms with Crippen molar-refractivity contribution in [2.24, 2.45) is 0 Å². The summed E-state index contributed by atoms with van der Waals surface area (Å²) in [5.41, 5.74) is 1.70. The SMILES string of the molecule is O=C([O-])C1=CC=C2CC=CC(=O)C2N1.O=C([O-])C1=CC=C2CC=CC(=O)C2N1.[Cu+2]. The van der Waals surface area contributed by atoms with Gasteiger partial charge in [-0.25, -0.2) is 0 Å². The minimum Gasteiger partial charge on any atom is -0.543 e. The van der Waals surface area contributed by atoms with E-state index in [1.165, 1.54) is 24.3 Å². The molecule has 8 nitrogen and oxygen atoms in total. The fourth-order valence-corrected chi connectivity index (χ4v) is 3.11. The van der Waals surface area contributed by atoms with Crippen LogP contribution < -0.4 is 20.8 Å². The fourth-order valence-electron chi connectivity index (χ4n) is 3.11. The number of aliphatic carboxylic acids is 2. The number of allylic oxidation sites excluding steroid dienone is 6. The molecule has 2 aliphatic heterocycles. The van der Waals surface area contributed by atoms with Gasteiger partial charge < -0.3 is 30.4 Å². The van der Waals surface area contributed by atoms with Gasteiger partial charge in [-0.15, -0.1) is 0 Å². The number of carboxylic acids is 2. The van der Waals surface area contributed by atoms with Gasteiger partial charge >= 0.3 is 17.1 Å². The number of dihydropyridines is 2. The minimum atomic E-state index is -1.29. The molecule has 0 saturated carbocycles. The normalized spacial score (nSPS) is 23.7. The summed E-state index contributed by atoms with van der Waals surface area (Å²) in [6, 6.07) is -1.03. The molecule has 9 heteroatoms. The van der Waals surface area contributed by atoms with Crippen LogP contribution in [-0.2, 0) is 36.2 Å². The van der Waals surface area contributed by atoms with Crippen molar-refractivity contribution in [2.45, 2.75) is 24.9 Å². The number of carbonyl (C=O) groups excluding carboxylic acids is 4. The van der Waals surface area contributed by atoms with Crippen molar-refractivity contribution in [2.75, 3.05) is 0 Å². The summed E-state index contributed by atoms with van der Waals surface area (Å²) in [5.74, 6) is -2.81. The summed E-state index contributed by atoms with van der Waals surface area (Å²) >= 11 is 0. The van der Waals surface area contributed by atoms with E-state index in [0.717, 1.165) is 11.1 Å². The molecule has 4 rings (SSSR count). The zero-order valence-electron chi connectivity index (χ0n) is 14.9. The molecule has 1 radical (unpaired) electrons. The van der Waals surface area contributed by atoms with Crippen molar-refractivity contribution < 1.29 is 46.5 Å². The van der Waals surface area contributed by atoms with Crippen molar-refractivity contribution in [1.29, 1.82) is 0 Å². The average Bonchev–Trinajstić information content (AvgIpc) is 2.68. The van der Waals surface area contributed by atoms with E-state index < -0.39 is 24.0 Å². The van der Waals surface area contributed by atoms with Crippen LogP contribution >= 0.6 is 0 Å². The maximum atomic E-state index is 11.4. The second-order valence-corrected chi connectivity index (χ2v) is 6.39. The van der Waals surface area contributed by atoms with Crippen molar-refractivity contribution in [1.82, 2.24) is 10.6 Å².